The van der Waals surface area contributed by atoms with Gasteiger partial charge in [0.2, 0.25) is 0 Å². The molecule has 1 N–H and O–H groups in total. The highest BCUT2D eigenvalue weighted by Gasteiger charge is 2.25. The molecule has 0 spiro atoms. The number of amides is 1. The Labute approximate surface area is 148 Å². The summed E-state index contributed by atoms with van der Waals surface area (Å²) in [6, 6.07) is 3.70. The van der Waals surface area contributed by atoms with Crippen LogP contribution >= 0.6 is 0 Å². The molecule has 0 aliphatic rings. The maximum atomic E-state index is 13.2. The molecule has 5 nitrogen and oxygen atoms in total. The van der Waals surface area contributed by atoms with E-state index in [2.05, 4.69) is 5.32 Å². The van der Waals surface area contributed by atoms with E-state index in [1.54, 1.807) is 33.8 Å². The van der Waals surface area contributed by atoms with Gasteiger partial charge < -0.3 is 14.8 Å². The number of rotatable bonds is 5. The molecule has 25 heavy (non-hydrogen) atoms. The fourth-order valence-corrected chi connectivity index (χ4v) is 2.33. The van der Waals surface area contributed by atoms with Crippen LogP contribution in [0.5, 0.6) is 0 Å². The molecule has 0 fully saturated rings. The summed E-state index contributed by atoms with van der Waals surface area (Å²) in [6.07, 6.45) is -1.11. The molecular weight excluding hydrogens is 325 g/mol. The Kier molecular flexibility index (Phi) is 6.96. The van der Waals surface area contributed by atoms with Gasteiger partial charge in [0.1, 0.15) is 23.6 Å². The molecule has 0 bridgehead atoms. The number of nitrogens with one attached hydrogen (secondary N) is 1. The summed E-state index contributed by atoms with van der Waals surface area (Å²) in [5.74, 6) is -0.962. The first-order chi connectivity index (χ1) is 11.4. The van der Waals surface area contributed by atoms with Crippen molar-refractivity contribution >= 4 is 12.1 Å². The number of aryl methyl sites for hydroxylation is 1. The molecule has 0 aliphatic carbocycles. The van der Waals surface area contributed by atoms with Gasteiger partial charge in [-0.3, -0.25) is 0 Å². The number of benzene rings is 1. The van der Waals surface area contributed by atoms with E-state index in [-0.39, 0.29) is 11.7 Å². The minimum absolute atomic E-state index is 0.113. The molecule has 0 saturated heterocycles. The summed E-state index contributed by atoms with van der Waals surface area (Å²) in [4.78, 5) is 23.9. The van der Waals surface area contributed by atoms with Crippen molar-refractivity contribution in [3.8, 4) is 0 Å². The van der Waals surface area contributed by atoms with Crippen molar-refractivity contribution in [2.45, 2.75) is 72.1 Å². The number of hydrogen-bond donors (Lipinski definition) is 1. The van der Waals surface area contributed by atoms with E-state index in [0.717, 1.165) is 11.1 Å². The van der Waals surface area contributed by atoms with Crippen molar-refractivity contribution < 1.29 is 23.5 Å². The highest BCUT2D eigenvalue weighted by atomic mass is 19.1. The molecule has 1 aromatic rings. The average Bonchev–Trinajstić information content (AvgIpc) is 2.44. The van der Waals surface area contributed by atoms with Crippen molar-refractivity contribution in [1.82, 2.24) is 5.32 Å². The van der Waals surface area contributed by atoms with Crippen LogP contribution in [0.1, 0.15) is 58.6 Å². The summed E-state index contributed by atoms with van der Waals surface area (Å²) >= 11 is 0. The van der Waals surface area contributed by atoms with Gasteiger partial charge in [-0.05, 0) is 64.8 Å². The van der Waals surface area contributed by atoms with Gasteiger partial charge in [0.05, 0.1) is 0 Å². The van der Waals surface area contributed by atoms with E-state index in [9.17, 15) is 14.0 Å². The lowest BCUT2D eigenvalue weighted by Gasteiger charge is -2.25. The molecule has 0 aliphatic heterocycles. The Balaban J connectivity index is 2.64. The maximum Gasteiger partial charge on any atom is 0.408 e. The summed E-state index contributed by atoms with van der Waals surface area (Å²) in [7, 11) is 0. The van der Waals surface area contributed by atoms with Gasteiger partial charge in [0.15, 0.2) is 0 Å². The Bertz CT molecular complexity index is 624. The minimum Gasteiger partial charge on any atom is -0.461 e. The number of alkyl carbamates (subject to hydrolysis) is 1. The van der Waals surface area contributed by atoms with E-state index < -0.39 is 29.8 Å². The number of halogens is 1. The topological polar surface area (TPSA) is 64.6 Å². The average molecular weight is 353 g/mol. The van der Waals surface area contributed by atoms with E-state index in [4.69, 9.17) is 9.47 Å². The Morgan fingerprint density at radius 2 is 1.76 bits per heavy atom. The van der Waals surface area contributed by atoms with Crippen LogP contribution in [0.3, 0.4) is 0 Å². The Morgan fingerprint density at radius 1 is 1.16 bits per heavy atom. The Morgan fingerprint density at radius 3 is 2.28 bits per heavy atom. The van der Waals surface area contributed by atoms with Crippen molar-refractivity contribution in [2.24, 2.45) is 0 Å². The zero-order valence-electron chi connectivity index (χ0n) is 16.0. The van der Waals surface area contributed by atoms with Crippen LogP contribution in [-0.2, 0) is 14.3 Å². The molecule has 3 atom stereocenters. The van der Waals surface area contributed by atoms with Gasteiger partial charge >= 0.3 is 12.1 Å². The van der Waals surface area contributed by atoms with Gasteiger partial charge in [-0.25, -0.2) is 14.0 Å². The number of hydrogen-bond acceptors (Lipinski definition) is 4. The van der Waals surface area contributed by atoms with Gasteiger partial charge in [0, 0.05) is 5.92 Å². The van der Waals surface area contributed by atoms with Crippen molar-refractivity contribution in [3.05, 3.63) is 35.1 Å². The first kappa shape index (κ1) is 20.9. The molecule has 0 saturated carbocycles. The lowest BCUT2D eigenvalue weighted by molar-refractivity contribution is -0.151. The number of carbonyl (C=O) groups excluding carboxylic acids is 2. The van der Waals surface area contributed by atoms with E-state index >= 15 is 0 Å². The number of ether oxygens (including phenoxy) is 2. The standard InChI is InChI=1S/C19H28FNO4/c1-11-10-15(20)8-9-16(11)12(2)14(4)24-17(22)13(3)21-18(23)25-19(5,6)7/h8-10,12-14H,1-7H3,(H,21,23)/t12-,13-,14-/m0/s1. The highest BCUT2D eigenvalue weighted by Crippen LogP contribution is 2.25. The summed E-state index contributed by atoms with van der Waals surface area (Å²) < 4.78 is 23.8. The lowest BCUT2D eigenvalue weighted by atomic mass is 9.92. The molecule has 0 radical (unpaired) electrons. The predicted octanol–water partition coefficient (Wildman–Crippen LogP) is 4.08. The normalized spacial score (nSPS) is 15.0. The number of carbonyl (C=O) groups is 2. The Hall–Kier alpha value is -2.11. The third kappa shape index (κ3) is 6.72. The number of esters is 1. The second-order valence-electron chi connectivity index (χ2n) is 7.30. The third-order valence-corrected chi connectivity index (χ3v) is 3.82. The van der Waals surface area contributed by atoms with Crippen molar-refractivity contribution in [1.29, 1.82) is 0 Å². The van der Waals surface area contributed by atoms with E-state index in [1.807, 2.05) is 13.8 Å². The molecule has 6 heteroatoms. The first-order valence-corrected chi connectivity index (χ1v) is 8.36. The fourth-order valence-electron chi connectivity index (χ4n) is 2.33. The van der Waals surface area contributed by atoms with Gasteiger partial charge in [-0.2, -0.15) is 0 Å². The van der Waals surface area contributed by atoms with Crippen LogP contribution in [0, 0.1) is 12.7 Å². The van der Waals surface area contributed by atoms with Crippen LogP contribution < -0.4 is 5.32 Å². The van der Waals surface area contributed by atoms with Gasteiger partial charge in [0.25, 0.3) is 0 Å². The molecule has 0 aromatic heterocycles. The zero-order chi connectivity index (χ0) is 19.4. The predicted molar refractivity (Wildman–Crippen MR) is 93.9 cm³/mol. The largest absolute Gasteiger partial charge is 0.461 e. The third-order valence-electron chi connectivity index (χ3n) is 3.82. The molecular formula is C19H28FNO4. The molecule has 1 amide bonds. The van der Waals surface area contributed by atoms with Gasteiger partial charge in [-0.15, -0.1) is 0 Å². The highest BCUT2D eigenvalue weighted by molar-refractivity contribution is 5.81. The quantitative estimate of drug-likeness (QED) is 0.810. The molecule has 140 valence electrons. The zero-order valence-corrected chi connectivity index (χ0v) is 16.0. The smallest absolute Gasteiger partial charge is 0.408 e. The van der Waals surface area contributed by atoms with Crippen LogP contribution in [0.25, 0.3) is 0 Å². The van der Waals surface area contributed by atoms with Crippen LogP contribution in [0.15, 0.2) is 18.2 Å². The maximum absolute atomic E-state index is 13.2. The van der Waals surface area contributed by atoms with Gasteiger partial charge in [-0.1, -0.05) is 13.0 Å². The van der Waals surface area contributed by atoms with E-state index in [0.29, 0.717) is 0 Å². The summed E-state index contributed by atoms with van der Waals surface area (Å²) in [6.45, 7) is 12.2. The fraction of sp³-hybridized carbons (Fsp3) is 0.579. The van der Waals surface area contributed by atoms with Crippen molar-refractivity contribution in [3.63, 3.8) is 0 Å². The molecule has 0 unspecified atom stereocenters. The van der Waals surface area contributed by atoms with Crippen LogP contribution in [0.4, 0.5) is 9.18 Å². The first-order valence-electron chi connectivity index (χ1n) is 8.36. The monoisotopic (exact) mass is 353 g/mol. The lowest BCUT2D eigenvalue weighted by Crippen LogP contribution is -2.43. The summed E-state index contributed by atoms with van der Waals surface area (Å²) in [5.41, 5.74) is 1.07. The minimum atomic E-state index is -0.834. The van der Waals surface area contributed by atoms with Crippen molar-refractivity contribution in [2.75, 3.05) is 0 Å². The molecule has 1 rings (SSSR count). The van der Waals surface area contributed by atoms with Crippen LogP contribution in [0.2, 0.25) is 0 Å². The van der Waals surface area contributed by atoms with E-state index in [1.165, 1.54) is 19.1 Å². The van der Waals surface area contributed by atoms with Crippen LogP contribution in [-0.4, -0.2) is 29.8 Å². The summed E-state index contributed by atoms with van der Waals surface area (Å²) in [5, 5.41) is 2.45. The molecule has 0 heterocycles. The second kappa shape index (κ2) is 8.32. The second-order valence-corrected chi connectivity index (χ2v) is 7.30. The molecule has 1 aromatic carbocycles. The SMILES string of the molecule is Cc1cc(F)ccc1[C@@H](C)[C@H](C)OC(=O)[C@H](C)NC(=O)OC(C)(C)C.